The lowest BCUT2D eigenvalue weighted by Crippen LogP contribution is -2.42. The van der Waals surface area contributed by atoms with Crippen LogP contribution >= 0.6 is 40.2 Å². The first-order valence-electron chi connectivity index (χ1n) is 8.97. The zero-order chi connectivity index (χ0) is 20.4. The molecule has 1 heterocycles. The predicted octanol–water partition coefficient (Wildman–Crippen LogP) is 5.48. The van der Waals surface area contributed by atoms with E-state index in [1.807, 2.05) is 54.6 Å². The summed E-state index contributed by atoms with van der Waals surface area (Å²) in [6.07, 6.45) is -1.04. The van der Waals surface area contributed by atoms with Gasteiger partial charge in [0, 0.05) is 9.50 Å². The van der Waals surface area contributed by atoms with Crippen molar-refractivity contribution in [3.8, 4) is 0 Å². The molecule has 7 heteroatoms. The number of nitrogens with zero attached hydrogens (tertiary/aromatic N) is 1. The second-order valence-electron chi connectivity index (χ2n) is 6.68. The van der Waals surface area contributed by atoms with Crippen LogP contribution in [0.25, 0.3) is 0 Å². The van der Waals surface area contributed by atoms with Crippen LogP contribution in [-0.4, -0.2) is 16.1 Å². The van der Waals surface area contributed by atoms with Crippen LogP contribution in [-0.2, 0) is 4.74 Å². The van der Waals surface area contributed by atoms with Gasteiger partial charge in [-0.15, -0.1) is 17.7 Å². The Labute approximate surface area is 188 Å². The van der Waals surface area contributed by atoms with E-state index in [-0.39, 0.29) is 11.8 Å². The summed E-state index contributed by atoms with van der Waals surface area (Å²) in [4.78, 5) is 0. The summed E-state index contributed by atoms with van der Waals surface area (Å²) < 4.78 is 7.05. The molecule has 1 aliphatic rings. The Morgan fingerprint density at radius 2 is 1.62 bits per heavy atom. The molecular weight excluding hydrogens is 472 g/mol. The normalized spacial score (nSPS) is 20.3. The summed E-state index contributed by atoms with van der Waals surface area (Å²) in [7, 11) is 0. The molecular formula is C22H18BrClN2O2S. The van der Waals surface area contributed by atoms with Crippen LogP contribution in [0.3, 0.4) is 0 Å². The van der Waals surface area contributed by atoms with Gasteiger partial charge in [-0.3, -0.25) is 5.43 Å². The van der Waals surface area contributed by atoms with Crippen molar-refractivity contribution in [1.82, 2.24) is 5.43 Å². The molecule has 0 bridgehead atoms. The van der Waals surface area contributed by atoms with Gasteiger partial charge in [0.15, 0.2) is 6.10 Å². The van der Waals surface area contributed by atoms with E-state index in [0.717, 1.165) is 15.6 Å². The van der Waals surface area contributed by atoms with Crippen LogP contribution in [0.1, 0.15) is 28.7 Å². The highest BCUT2D eigenvalue weighted by Gasteiger charge is 2.46. The van der Waals surface area contributed by atoms with Gasteiger partial charge in [-0.1, -0.05) is 88.2 Å². The first-order chi connectivity index (χ1) is 14.0. The molecule has 2 N–H and O–H groups in total. The van der Waals surface area contributed by atoms with Crippen molar-refractivity contribution >= 4 is 46.1 Å². The molecule has 0 saturated heterocycles. The Kier molecular flexibility index (Phi) is 5.88. The standard InChI is InChI=1S/C22H18BrClN2O2S/c23-18-9-5-4-8-17(18)19(14-6-2-1-3-7-14)22(29)26-25-21(28-22)20(27)15-10-12-16(24)13-11-15/h1-13,19-20,26-27,29H/t19?,20?,22-/m1/s1. The van der Waals surface area contributed by atoms with Crippen LogP contribution in [0.5, 0.6) is 0 Å². The zero-order valence-corrected chi connectivity index (χ0v) is 18.4. The van der Waals surface area contributed by atoms with Gasteiger partial charge in [-0.2, -0.15) is 0 Å². The monoisotopic (exact) mass is 488 g/mol. The third-order valence-corrected chi connectivity index (χ3v) is 6.17. The molecule has 29 heavy (non-hydrogen) atoms. The number of aliphatic hydroxyl groups is 1. The maximum absolute atomic E-state index is 10.7. The average molecular weight is 490 g/mol. The van der Waals surface area contributed by atoms with Crippen molar-refractivity contribution in [2.75, 3.05) is 0 Å². The average Bonchev–Trinajstić information content (AvgIpc) is 3.13. The number of hydrazone groups is 1. The van der Waals surface area contributed by atoms with E-state index in [0.29, 0.717) is 10.6 Å². The van der Waals surface area contributed by atoms with Crippen molar-refractivity contribution in [2.45, 2.75) is 17.1 Å². The Morgan fingerprint density at radius 3 is 2.31 bits per heavy atom. The first-order valence-corrected chi connectivity index (χ1v) is 10.6. The van der Waals surface area contributed by atoms with E-state index >= 15 is 0 Å². The van der Waals surface area contributed by atoms with Crippen LogP contribution in [0.15, 0.2) is 88.4 Å². The second kappa shape index (κ2) is 8.40. The molecule has 0 saturated carbocycles. The molecule has 2 unspecified atom stereocenters. The van der Waals surface area contributed by atoms with Crippen LogP contribution in [0.2, 0.25) is 5.02 Å². The summed E-state index contributed by atoms with van der Waals surface area (Å²) in [5, 5.41) is 14.4. The fourth-order valence-corrected chi connectivity index (χ4v) is 4.41. The second-order valence-corrected chi connectivity index (χ2v) is 8.63. The predicted molar refractivity (Wildman–Crippen MR) is 122 cm³/mol. The number of ether oxygens (including phenoxy) is 1. The molecule has 3 atom stereocenters. The highest BCUT2D eigenvalue weighted by molar-refractivity contribution is 9.10. The SMILES string of the molecule is OC(C1=NN[C@](S)(C(c2ccccc2)c2ccccc2Br)O1)c1ccc(Cl)cc1. The number of aliphatic hydroxyl groups excluding tert-OH is 1. The summed E-state index contributed by atoms with van der Waals surface area (Å²) in [5.74, 6) is -0.156. The van der Waals surface area contributed by atoms with Crippen molar-refractivity contribution < 1.29 is 9.84 Å². The Bertz CT molecular complexity index is 1030. The lowest BCUT2D eigenvalue weighted by atomic mass is 9.89. The maximum atomic E-state index is 10.7. The van der Waals surface area contributed by atoms with E-state index in [9.17, 15) is 5.11 Å². The molecule has 1 aliphatic heterocycles. The van der Waals surface area contributed by atoms with Crippen LogP contribution < -0.4 is 5.43 Å². The van der Waals surface area contributed by atoms with Crippen molar-refractivity contribution in [2.24, 2.45) is 5.10 Å². The molecule has 0 radical (unpaired) electrons. The van der Waals surface area contributed by atoms with Gasteiger partial charge < -0.3 is 9.84 Å². The van der Waals surface area contributed by atoms with Gasteiger partial charge in [0.1, 0.15) is 0 Å². The zero-order valence-electron chi connectivity index (χ0n) is 15.2. The lowest BCUT2D eigenvalue weighted by Gasteiger charge is -2.33. The van der Waals surface area contributed by atoms with E-state index in [4.69, 9.17) is 29.0 Å². The van der Waals surface area contributed by atoms with E-state index in [2.05, 4.69) is 26.5 Å². The van der Waals surface area contributed by atoms with Crippen molar-refractivity contribution in [3.63, 3.8) is 0 Å². The number of thiol groups is 1. The van der Waals surface area contributed by atoms with Gasteiger partial charge in [-0.05, 0) is 34.9 Å². The number of nitrogens with one attached hydrogen (secondary N) is 1. The largest absolute Gasteiger partial charge is 0.439 e. The fraction of sp³-hybridized carbons (Fsp3) is 0.136. The number of hydrogen-bond donors (Lipinski definition) is 3. The van der Waals surface area contributed by atoms with Gasteiger partial charge in [0.05, 0.1) is 5.92 Å². The Balaban J connectivity index is 1.67. The van der Waals surface area contributed by atoms with Gasteiger partial charge in [0.2, 0.25) is 5.90 Å². The minimum Gasteiger partial charge on any atom is -0.439 e. The quantitative estimate of drug-likeness (QED) is 0.416. The summed E-state index contributed by atoms with van der Waals surface area (Å²) >= 11 is 14.4. The van der Waals surface area contributed by atoms with E-state index < -0.39 is 11.2 Å². The minimum atomic E-state index is -1.19. The summed E-state index contributed by atoms with van der Waals surface area (Å²) in [6, 6.07) is 24.7. The third kappa shape index (κ3) is 4.16. The van der Waals surface area contributed by atoms with E-state index in [1.54, 1.807) is 24.3 Å². The minimum absolute atomic E-state index is 0.148. The van der Waals surface area contributed by atoms with Crippen LogP contribution in [0.4, 0.5) is 0 Å². The molecule has 0 aliphatic carbocycles. The molecule has 3 aromatic carbocycles. The van der Waals surface area contributed by atoms with Crippen molar-refractivity contribution in [1.29, 1.82) is 0 Å². The molecule has 148 valence electrons. The van der Waals surface area contributed by atoms with Gasteiger partial charge in [0.25, 0.3) is 5.06 Å². The Morgan fingerprint density at radius 1 is 0.966 bits per heavy atom. The number of halogens is 2. The lowest BCUT2D eigenvalue weighted by molar-refractivity contribution is 0.106. The fourth-order valence-electron chi connectivity index (χ4n) is 3.34. The first kappa shape index (κ1) is 20.3. The van der Waals surface area contributed by atoms with Crippen LogP contribution in [0, 0.1) is 0 Å². The molecule has 0 amide bonds. The number of benzene rings is 3. The molecule has 4 rings (SSSR count). The highest BCUT2D eigenvalue weighted by atomic mass is 79.9. The molecule has 0 fully saturated rings. The topological polar surface area (TPSA) is 53.9 Å². The van der Waals surface area contributed by atoms with Crippen molar-refractivity contribution in [3.05, 3.63) is 105 Å². The summed E-state index contributed by atoms with van der Waals surface area (Å²) in [5.41, 5.74) is 5.61. The molecule has 0 aromatic heterocycles. The molecule has 0 spiro atoms. The highest BCUT2D eigenvalue weighted by Crippen LogP contribution is 2.43. The third-order valence-electron chi connectivity index (χ3n) is 4.75. The Hall–Kier alpha value is -1.99. The molecule has 4 nitrogen and oxygen atoms in total. The maximum Gasteiger partial charge on any atom is 0.253 e. The number of rotatable bonds is 5. The van der Waals surface area contributed by atoms with Gasteiger partial charge >= 0.3 is 0 Å². The summed E-state index contributed by atoms with van der Waals surface area (Å²) in [6.45, 7) is 0. The smallest absolute Gasteiger partial charge is 0.253 e. The number of hydrogen-bond acceptors (Lipinski definition) is 5. The van der Waals surface area contributed by atoms with E-state index in [1.165, 1.54) is 0 Å². The molecule has 3 aromatic rings. The van der Waals surface area contributed by atoms with Gasteiger partial charge in [-0.25, -0.2) is 0 Å².